The van der Waals surface area contributed by atoms with Crippen LogP contribution in [0.15, 0.2) is 0 Å². The first-order valence-electron chi connectivity index (χ1n) is 1.82. The molecule has 0 saturated heterocycles. The molecule has 0 fully saturated rings. The predicted octanol–water partition coefficient (Wildman–Crippen LogP) is -2.49. The molecule has 62 valence electrons. The summed E-state index contributed by atoms with van der Waals surface area (Å²) in [6.07, 6.45) is 0. The quantitative estimate of drug-likeness (QED) is 0.466. The van der Waals surface area contributed by atoms with Crippen molar-refractivity contribution in [2.75, 3.05) is 0 Å². The molecule has 0 aromatic rings. The first-order valence-corrected chi connectivity index (χ1v) is 1.82. The van der Waals surface area contributed by atoms with E-state index in [9.17, 15) is 0 Å². The van der Waals surface area contributed by atoms with Gasteiger partial charge in [0.05, 0.1) is 0 Å². The van der Waals surface area contributed by atoms with Crippen LogP contribution in [-0.2, 0) is 43.1 Å². The summed E-state index contributed by atoms with van der Waals surface area (Å²) < 4.78 is 0. The van der Waals surface area contributed by atoms with Crippen LogP contribution in [0.25, 0.3) is 0 Å². The Morgan fingerprint density at radius 1 is 0.900 bits per heavy atom. The van der Waals surface area contributed by atoms with Crippen LogP contribution in [0.1, 0.15) is 13.8 Å². The molecule has 10 heavy (non-hydrogen) atoms. The van der Waals surface area contributed by atoms with Crippen molar-refractivity contribution in [2.24, 2.45) is 0 Å². The van der Waals surface area contributed by atoms with E-state index in [4.69, 9.17) is 19.8 Å². The Labute approximate surface area is 79.4 Å². The van der Waals surface area contributed by atoms with Crippen molar-refractivity contribution in [1.82, 2.24) is 0 Å². The maximum Gasteiger partial charge on any atom is 2.00 e. The van der Waals surface area contributed by atoms with Crippen LogP contribution < -0.4 is 10.2 Å². The monoisotopic (exact) mass is 236 g/mol. The standard InChI is InChI=1S/2C2H4O2.2Co/c2*1-2(3)4;;/h2*1H3,(H,3,4);;/q;;2*+2/p-2. The van der Waals surface area contributed by atoms with Gasteiger partial charge in [0.2, 0.25) is 0 Å². The van der Waals surface area contributed by atoms with E-state index in [0.29, 0.717) is 0 Å². The minimum absolute atomic E-state index is 0. The van der Waals surface area contributed by atoms with Gasteiger partial charge in [0.15, 0.2) is 0 Å². The van der Waals surface area contributed by atoms with Crippen molar-refractivity contribution < 1.29 is 53.4 Å². The largest absolute Gasteiger partial charge is 2.00 e. The second kappa shape index (κ2) is 16.0. The van der Waals surface area contributed by atoms with Crippen LogP contribution in [-0.4, -0.2) is 11.9 Å². The Morgan fingerprint density at radius 2 is 0.900 bits per heavy atom. The Morgan fingerprint density at radius 3 is 0.900 bits per heavy atom. The minimum atomic E-state index is -1.08. The zero-order valence-corrected chi connectivity index (χ0v) is 7.38. The zero-order valence-electron chi connectivity index (χ0n) is 5.30. The Hall–Kier alpha value is -0.0470. The fourth-order valence-corrected chi connectivity index (χ4v) is 0. The second-order valence-corrected chi connectivity index (χ2v) is 0.983. The van der Waals surface area contributed by atoms with Gasteiger partial charge < -0.3 is 19.8 Å². The summed E-state index contributed by atoms with van der Waals surface area (Å²) in [5, 5.41) is 17.8. The van der Waals surface area contributed by atoms with E-state index in [1.165, 1.54) is 0 Å². The van der Waals surface area contributed by atoms with Crippen LogP contribution in [0.5, 0.6) is 0 Å². The molecule has 0 spiro atoms. The van der Waals surface area contributed by atoms with E-state index >= 15 is 0 Å². The maximum atomic E-state index is 8.89. The van der Waals surface area contributed by atoms with E-state index in [0.717, 1.165) is 13.8 Å². The van der Waals surface area contributed by atoms with Crippen LogP contribution in [0, 0.1) is 0 Å². The molecule has 0 aromatic carbocycles. The van der Waals surface area contributed by atoms with Crippen LogP contribution >= 0.6 is 0 Å². The third-order valence-corrected chi connectivity index (χ3v) is 0. The number of carbonyl (C=O) groups is 2. The smallest absolute Gasteiger partial charge is 0.550 e. The van der Waals surface area contributed by atoms with Crippen molar-refractivity contribution in [2.45, 2.75) is 13.8 Å². The van der Waals surface area contributed by atoms with Gasteiger partial charge >= 0.3 is 33.6 Å². The molecule has 0 aromatic heterocycles. The van der Waals surface area contributed by atoms with Gasteiger partial charge in [-0.1, -0.05) is 0 Å². The number of rotatable bonds is 0. The molecule has 0 atom stereocenters. The Bertz CT molecular complexity index is 73.3. The van der Waals surface area contributed by atoms with Crippen LogP contribution in [0.4, 0.5) is 0 Å². The first kappa shape index (κ1) is 22.5. The minimum Gasteiger partial charge on any atom is -0.550 e. The summed E-state index contributed by atoms with van der Waals surface area (Å²) in [5.74, 6) is -2.17. The maximum absolute atomic E-state index is 8.89. The Balaban J connectivity index is -0.0000000300. The van der Waals surface area contributed by atoms with Crippen molar-refractivity contribution in [3.63, 3.8) is 0 Å². The topological polar surface area (TPSA) is 80.3 Å². The predicted molar refractivity (Wildman–Crippen MR) is 21.4 cm³/mol. The molecular formula is C4H6Co2O4+2. The summed E-state index contributed by atoms with van der Waals surface area (Å²) in [4.78, 5) is 17.8. The zero-order chi connectivity index (χ0) is 7.15. The van der Waals surface area contributed by atoms with E-state index in [-0.39, 0.29) is 33.6 Å². The van der Waals surface area contributed by atoms with Gasteiger partial charge in [-0.15, -0.1) is 0 Å². The molecule has 0 unspecified atom stereocenters. The average molecular weight is 236 g/mol. The number of carbonyl (C=O) groups excluding carboxylic acids is 2. The second-order valence-electron chi connectivity index (χ2n) is 0.983. The Kier molecular flexibility index (Phi) is 36.0. The molecule has 0 heterocycles. The van der Waals surface area contributed by atoms with Crippen molar-refractivity contribution in [3.05, 3.63) is 0 Å². The molecule has 0 aliphatic rings. The number of hydrogen-bond acceptors (Lipinski definition) is 4. The SMILES string of the molecule is CC(=O)[O-].CC(=O)[O-].[Co+2].[Co+2]. The fraction of sp³-hybridized carbons (Fsp3) is 0.500. The summed E-state index contributed by atoms with van der Waals surface area (Å²) >= 11 is 0. The first-order chi connectivity index (χ1) is 3.46. The molecule has 2 radical (unpaired) electrons. The summed E-state index contributed by atoms with van der Waals surface area (Å²) in [6.45, 7) is 1.94. The molecular weight excluding hydrogens is 230 g/mol. The molecule has 4 nitrogen and oxygen atoms in total. The van der Waals surface area contributed by atoms with Crippen molar-refractivity contribution in [1.29, 1.82) is 0 Å². The van der Waals surface area contributed by atoms with Gasteiger partial charge in [0, 0.05) is 11.9 Å². The number of carboxylic acid groups (broad SMARTS) is 2. The van der Waals surface area contributed by atoms with E-state index in [2.05, 4.69) is 0 Å². The molecule has 0 rings (SSSR count). The van der Waals surface area contributed by atoms with Gasteiger partial charge in [-0.2, -0.15) is 0 Å². The van der Waals surface area contributed by atoms with Crippen molar-refractivity contribution >= 4 is 11.9 Å². The third kappa shape index (κ3) is 174000. The summed E-state index contributed by atoms with van der Waals surface area (Å²) in [5.41, 5.74) is 0. The normalized spacial score (nSPS) is 5.00. The average Bonchev–Trinajstić information content (AvgIpc) is 1.25. The van der Waals surface area contributed by atoms with Crippen molar-refractivity contribution in [3.8, 4) is 0 Å². The molecule has 0 bridgehead atoms. The number of carboxylic acids is 2. The summed E-state index contributed by atoms with van der Waals surface area (Å²) in [7, 11) is 0. The fourth-order valence-electron chi connectivity index (χ4n) is 0. The van der Waals surface area contributed by atoms with Gasteiger partial charge in [-0.25, -0.2) is 0 Å². The summed E-state index contributed by atoms with van der Waals surface area (Å²) in [6, 6.07) is 0. The van der Waals surface area contributed by atoms with E-state index in [1.54, 1.807) is 0 Å². The van der Waals surface area contributed by atoms with Gasteiger partial charge in [0.25, 0.3) is 0 Å². The molecule has 0 N–H and O–H groups in total. The number of hydrogen-bond donors (Lipinski definition) is 0. The van der Waals surface area contributed by atoms with Crippen LogP contribution in [0.2, 0.25) is 0 Å². The third-order valence-electron chi connectivity index (χ3n) is 0. The van der Waals surface area contributed by atoms with Gasteiger partial charge in [-0.05, 0) is 13.8 Å². The van der Waals surface area contributed by atoms with Crippen LogP contribution in [0.3, 0.4) is 0 Å². The van der Waals surface area contributed by atoms with Gasteiger partial charge in [-0.3, -0.25) is 0 Å². The number of aliphatic carboxylic acids is 2. The van der Waals surface area contributed by atoms with E-state index < -0.39 is 11.9 Å². The molecule has 0 aliphatic carbocycles. The molecule has 0 aliphatic heterocycles. The molecule has 0 saturated carbocycles. The molecule has 0 amide bonds. The molecule has 6 heteroatoms. The van der Waals surface area contributed by atoms with Gasteiger partial charge in [0.1, 0.15) is 0 Å². The van der Waals surface area contributed by atoms with E-state index in [1.807, 2.05) is 0 Å².